The number of aryl methyl sites for hydroxylation is 1. The Morgan fingerprint density at radius 2 is 1.91 bits per heavy atom. The van der Waals surface area contributed by atoms with E-state index in [-0.39, 0.29) is 17.9 Å². The number of hydrogen-bond donors (Lipinski definition) is 1. The summed E-state index contributed by atoms with van der Waals surface area (Å²) in [6, 6.07) is 10.5. The van der Waals surface area contributed by atoms with Gasteiger partial charge in [-0.2, -0.15) is 0 Å². The number of esters is 1. The van der Waals surface area contributed by atoms with Gasteiger partial charge in [0.15, 0.2) is 16.3 Å². The number of fused-ring (bicyclic) bond motifs is 1. The van der Waals surface area contributed by atoms with Crippen molar-refractivity contribution in [3.8, 4) is 11.5 Å². The highest BCUT2D eigenvalue weighted by molar-refractivity contribution is 9.10. The number of carbonyl (C=O) groups is 1. The summed E-state index contributed by atoms with van der Waals surface area (Å²) >= 11 is 4.58. The summed E-state index contributed by atoms with van der Waals surface area (Å²) in [7, 11) is 0. The third kappa shape index (κ3) is 4.83. The molecule has 0 saturated carbocycles. The molecular weight excluding hydrogens is 532 g/mol. The Kier molecular flexibility index (Phi) is 7.28. The number of aromatic hydroxyl groups is 1. The van der Waals surface area contributed by atoms with Crippen molar-refractivity contribution in [2.45, 2.75) is 33.7 Å². The van der Waals surface area contributed by atoms with Gasteiger partial charge in [0.2, 0.25) is 0 Å². The Balaban J connectivity index is 1.93. The summed E-state index contributed by atoms with van der Waals surface area (Å²) in [4.78, 5) is 31.7. The Morgan fingerprint density at radius 3 is 2.57 bits per heavy atom. The molecule has 1 N–H and O–H groups in total. The molecule has 0 bridgehead atoms. The van der Waals surface area contributed by atoms with E-state index in [1.165, 1.54) is 11.3 Å². The average molecular weight is 557 g/mol. The number of phenols is 1. The first-order valence-electron chi connectivity index (χ1n) is 11.2. The van der Waals surface area contributed by atoms with Crippen LogP contribution in [0.15, 0.2) is 61.9 Å². The summed E-state index contributed by atoms with van der Waals surface area (Å²) in [5.74, 6) is -0.171. The Labute approximate surface area is 214 Å². The number of phenolic OH excluding ortho intramolecular Hbond substituents is 1. The van der Waals surface area contributed by atoms with Crippen molar-refractivity contribution in [1.29, 1.82) is 0 Å². The Morgan fingerprint density at radius 1 is 1.20 bits per heavy atom. The maximum Gasteiger partial charge on any atom is 0.338 e. The third-order valence-electron chi connectivity index (χ3n) is 5.56. The summed E-state index contributed by atoms with van der Waals surface area (Å²) in [6.07, 6.45) is 1.73. The number of carbonyl (C=O) groups excluding carboxylic acids is 1. The molecule has 1 aliphatic rings. The molecule has 2 heterocycles. The van der Waals surface area contributed by atoms with E-state index in [9.17, 15) is 14.7 Å². The van der Waals surface area contributed by atoms with E-state index < -0.39 is 12.0 Å². The lowest BCUT2D eigenvalue weighted by molar-refractivity contribution is -0.139. The zero-order valence-corrected chi connectivity index (χ0v) is 22.2. The maximum absolute atomic E-state index is 13.7. The molecular formula is C26H25BrN2O5S. The zero-order chi connectivity index (χ0) is 25.3. The summed E-state index contributed by atoms with van der Waals surface area (Å²) in [5.41, 5.74) is 3.15. The molecule has 9 heteroatoms. The van der Waals surface area contributed by atoms with Crippen molar-refractivity contribution < 1.29 is 19.4 Å². The van der Waals surface area contributed by atoms with Crippen LogP contribution in [0, 0.1) is 6.92 Å². The van der Waals surface area contributed by atoms with Crippen molar-refractivity contribution in [2.75, 3.05) is 13.2 Å². The number of allylic oxidation sites excluding steroid dienone is 1. The van der Waals surface area contributed by atoms with E-state index in [0.29, 0.717) is 43.0 Å². The molecule has 35 heavy (non-hydrogen) atoms. The lowest BCUT2D eigenvalue weighted by Gasteiger charge is -2.24. The number of ether oxygens (including phenoxy) is 2. The van der Waals surface area contributed by atoms with Crippen LogP contribution < -0.4 is 19.6 Å². The number of benzene rings is 2. The van der Waals surface area contributed by atoms with Crippen LogP contribution in [0.1, 0.15) is 43.5 Å². The van der Waals surface area contributed by atoms with E-state index >= 15 is 0 Å². The molecule has 7 nitrogen and oxygen atoms in total. The lowest BCUT2D eigenvalue weighted by Crippen LogP contribution is -2.39. The highest BCUT2D eigenvalue weighted by Crippen LogP contribution is 2.36. The van der Waals surface area contributed by atoms with Crippen LogP contribution in [-0.2, 0) is 9.53 Å². The van der Waals surface area contributed by atoms with Crippen molar-refractivity contribution in [3.63, 3.8) is 0 Å². The molecule has 2 aromatic carbocycles. The number of halogens is 1. The Bertz CT molecular complexity index is 1500. The van der Waals surface area contributed by atoms with Crippen LogP contribution in [0.2, 0.25) is 0 Å². The van der Waals surface area contributed by atoms with Crippen LogP contribution in [-0.4, -0.2) is 28.9 Å². The predicted molar refractivity (Wildman–Crippen MR) is 139 cm³/mol. The number of rotatable bonds is 6. The van der Waals surface area contributed by atoms with E-state index in [1.54, 1.807) is 36.6 Å². The van der Waals surface area contributed by atoms with Crippen molar-refractivity contribution in [2.24, 2.45) is 4.99 Å². The minimum Gasteiger partial charge on any atom is -0.503 e. The molecule has 4 rings (SSSR count). The SMILES string of the molecule is CCOC(=O)C1=C(C)N=c2s/c(=C/c3cc(Br)c(O)c(OCC)c3)c(=O)n2[C@H]1c1ccc(C)cc1. The second kappa shape index (κ2) is 10.2. The van der Waals surface area contributed by atoms with Crippen LogP contribution >= 0.6 is 27.3 Å². The molecule has 0 aliphatic carbocycles. The highest BCUT2D eigenvalue weighted by Gasteiger charge is 2.33. The van der Waals surface area contributed by atoms with Gasteiger partial charge in [-0.05, 0) is 73.0 Å². The van der Waals surface area contributed by atoms with E-state index in [4.69, 9.17) is 9.47 Å². The minimum absolute atomic E-state index is 0.000431. The fourth-order valence-electron chi connectivity index (χ4n) is 3.95. The molecule has 182 valence electrons. The standard InChI is InChI=1S/C26H25BrN2O5S/c1-5-33-19-12-16(11-18(27)23(19)30)13-20-24(31)29-22(17-9-7-14(3)8-10-17)21(25(32)34-6-2)15(4)28-26(29)35-20/h7-13,22,30H,5-6H2,1-4H3/b20-13+/t22-/m0/s1. The first-order valence-corrected chi connectivity index (χ1v) is 12.8. The molecule has 3 aromatic rings. The van der Waals surface area contributed by atoms with Crippen molar-refractivity contribution in [3.05, 3.63) is 88.5 Å². The second-order valence-corrected chi connectivity index (χ2v) is 9.86. The van der Waals surface area contributed by atoms with E-state index in [2.05, 4.69) is 20.9 Å². The fraction of sp³-hybridized carbons (Fsp3) is 0.269. The van der Waals surface area contributed by atoms with Crippen molar-refractivity contribution >= 4 is 39.3 Å². The third-order valence-corrected chi connectivity index (χ3v) is 7.15. The number of thiazole rings is 1. The topological polar surface area (TPSA) is 90.1 Å². The van der Waals surface area contributed by atoms with Crippen LogP contribution in [0.25, 0.3) is 6.08 Å². The molecule has 0 saturated heterocycles. The molecule has 0 radical (unpaired) electrons. The smallest absolute Gasteiger partial charge is 0.338 e. The van der Waals surface area contributed by atoms with Crippen molar-refractivity contribution in [1.82, 2.24) is 4.57 Å². The average Bonchev–Trinajstić information content (AvgIpc) is 3.11. The lowest BCUT2D eigenvalue weighted by atomic mass is 9.95. The summed E-state index contributed by atoms with van der Waals surface area (Å²) in [6.45, 7) is 7.92. The first kappa shape index (κ1) is 24.9. The monoisotopic (exact) mass is 556 g/mol. The van der Waals surface area contributed by atoms with Gasteiger partial charge >= 0.3 is 5.97 Å². The predicted octanol–water partition coefficient (Wildman–Crippen LogP) is 3.97. The molecule has 0 fully saturated rings. The zero-order valence-electron chi connectivity index (χ0n) is 19.8. The summed E-state index contributed by atoms with van der Waals surface area (Å²) in [5, 5.41) is 10.2. The minimum atomic E-state index is -0.654. The quantitative estimate of drug-likeness (QED) is 0.464. The second-order valence-electron chi connectivity index (χ2n) is 8.00. The van der Waals surface area contributed by atoms with Gasteiger partial charge in [-0.15, -0.1) is 0 Å². The molecule has 1 atom stereocenters. The largest absolute Gasteiger partial charge is 0.503 e. The van der Waals surface area contributed by atoms with Gasteiger partial charge < -0.3 is 14.6 Å². The summed E-state index contributed by atoms with van der Waals surface area (Å²) < 4.78 is 13.3. The molecule has 0 spiro atoms. The normalized spacial score (nSPS) is 15.6. The highest BCUT2D eigenvalue weighted by atomic mass is 79.9. The van der Waals surface area contributed by atoms with Gasteiger partial charge in [-0.25, -0.2) is 9.79 Å². The van der Waals surface area contributed by atoms with Gasteiger partial charge in [0.1, 0.15) is 0 Å². The van der Waals surface area contributed by atoms with Crippen LogP contribution in [0.5, 0.6) is 11.5 Å². The molecule has 1 aliphatic heterocycles. The Hall–Kier alpha value is -3.17. The maximum atomic E-state index is 13.7. The molecule has 1 aromatic heterocycles. The molecule has 0 amide bonds. The van der Waals surface area contributed by atoms with Gasteiger partial charge in [0.05, 0.1) is 39.5 Å². The first-order chi connectivity index (χ1) is 16.7. The van der Waals surface area contributed by atoms with Gasteiger partial charge in [-0.1, -0.05) is 41.2 Å². The van der Waals surface area contributed by atoms with Crippen LogP contribution in [0.3, 0.4) is 0 Å². The number of aromatic nitrogens is 1. The van der Waals surface area contributed by atoms with E-state index in [1.807, 2.05) is 38.1 Å². The number of hydrogen-bond acceptors (Lipinski definition) is 7. The van der Waals surface area contributed by atoms with Gasteiger partial charge in [0.25, 0.3) is 5.56 Å². The van der Waals surface area contributed by atoms with Gasteiger partial charge in [0, 0.05) is 0 Å². The van der Waals surface area contributed by atoms with Crippen LogP contribution in [0.4, 0.5) is 0 Å². The fourth-order valence-corrected chi connectivity index (χ4v) is 5.46. The molecule has 0 unspecified atom stereocenters. The number of nitrogens with zero attached hydrogens (tertiary/aromatic N) is 2. The van der Waals surface area contributed by atoms with E-state index in [0.717, 1.165) is 11.1 Å². The van der Waals surface area contributed by atoms with Gasteiger partial charge in [-0.3, -0.25) is 9.36 Å².